The molecule has 1 saturated heterocycles. The molecule has 0 unspecified atom stereocenters. The molecule has 3 atom stereocenters. The number of benzene rings is 2. The Morgan fingerprint density at radius 2 is 1.92 bits per heavy atom. The molecule has 9 nitrogen and oxygen atoms in total. The molecule has 0 aromatic heterocycles. The van der Waals surface area contributed by atoms with Gasteiger partial charge in [0, 0.05) is 44.7 Å². The van der Waals surface area contributed by atoms with Gasteiger partial charge in [-0.2, -0.15) is 0 Å². The number of likely N-dealkylation sites (N-methyl/N-ethyl adjacent to an activating group) is 1. The number of amides is 2. The van der Waals surface area contributed by atoms with Crippen molar-refractivity contribution in [2.45, 2.75) is 45.4 Å². The van der Waals surface area contributed by atoms with Crippen LogP contribution >= 0.6 is 0 Å². The summed E-state index contributed by atoms with van der Waals surface area (Å²) in [6, 6.07) is 12.9. The molecule has 2 heterocycles. The first-order valence-electron chi connectivity index (χ1n) is 13.7. The number of hydrogen-bond acceptors (Lipinski definition) is 7. The van der Waals surface area contributed by atoms with E-state index < -0.39 is 0 Å². The molecule has 0 radical (unpaired) electrons. The van der Waals surface area contributed by atoms with Crippen LogP contribution < -0.4 is 14.8 Å². The van der Waals surface area contributed by atoms with E-state index in [4.69, 9.17) is 14.2 Å². The van der Waals surface area contributed by atoms with Crippen LogP contribution in [0.15, 0.2) is 42.5 Å². The van der Waals surface area contributed by atoms with Crippen molar-refractivity contribution in [1.82, 2.24) is 9.80 Å². The minimum Gasteiger partial charge on any atom is -0.497 e. The minimum absolute atomic E-state index is 0.0336. The third-order valence-electron chi connectivity index (χ3n) is 7.64. The van der Waals surface area contributed by atoms with Gasteiger partial charge < -0.3 is 29.5 Å². The van der Waals surface area contributed by atoms with E-state index in [0.717, 1.165) is 11.3 Å². The van der Waals surface area contributed by atoms with E-state index in [-0.39, 0.29) is 42.4 Å². The molecule has 212 valence electrons. The Morgan fingerprint density at radius 1 is 1.21 bits per heavy atom. The Hall–Kier alpha value is -3.14. The second-order valence-electron chi connectivity index (χ2n) is 10.7. The first-order chi connectivity index (χ1) is 18.8. The molecule has 0 saturated carbocycles. The first kappa shape index (κ1) is 28.9. The highest BCUT2D eigenvalue weighted by atomic mass is 16.5. The third kappa shape index (κ3) is 7.09. The van der Waals surface area contributed by atoms with Crippen LogP contribution in [-0.4, -0.2) is 85.9 Å². The molecule has 0 spiro atoms. The molecule has 2 aromatic rings. The number of methoxy groups -OCH3 is 1. The number of nitrogens with one attached hydrogen (secondary N) is 1. The smallest absolute Gasteiger partial charge is 0.258 e. The Kier molecular flexibility index (Phi) is 9.83. The maximum Gasteiger partial charge on any atom is 0.258 e. The number of para-hydroxylation sites is 1. The number of carbonyl (C=O) groups excluding carboxylic acids is 2. The summed E-state index contributed by atoms with van der Waals surface area (Å²) in [7, 11) is 3.69. The highest BCUT2D eigenvalue weighted by molar-refractivity contribution is 6.02. The lowest BCUT2D eigenvalue weighted by Gasteiger charge is -2.38. The molecule has 1 fully saturated rings. The molecule has 2 amide bonds. The molecule has 4 rings (SSSR count). The SMILES string of the molecule is COc1ccc(CN(C)C[C@H]2Oc3c(NC(=O)C4CCOCC4)cccc3C(=O)N([C@@H](C)CO)C[C@@H]2C)cc1. The number of rotatable bonds is 9. The Balaban J connectivity index is 1.61. The number of anilines is 1. The summed E-state index contributed by atoms with van der Waals surface area (Å²) >= 11 is 0. The maximum atomic E-state index is 13.7. The quantitative estimate of drug-likeness (QED) is 0.504. The van der Waals surface area contributed by atoms with Gasteiger partial charge in [-0.3, -0.25) is 14.5 Å². The van der Waals surface area contributed by atoms with E-state index in [2.05, 4.69) is 17.1 Å². The van der Waals surface area contributed by atoms with E-state index in [1.807, 2.05) is 38.2 Å². The number of hydrogen-bond donors (Lipinski definition) is 2. The van der Waals surface area contributed by atoms with Gasteiger partial charge in [0.1, 0.15) is 11.9 Å². The van der Waals surface area contributed by atoms with Crippen LogP contribution in [0.25, 0.3) is 0 Å². The van der Waals surface area contributed by atoms with Crippen molar-refractivity contribution in [3.8, 4) is 11.5 Å². The molecule has 9 heteroatoms. The van der Waals surface area contributed by atoms with Crippen LogP contribution in [-0.2, 0) is 16.1 Å². The lowest BCUT2D eigenvalue weighted by atomic mass is 9.98. The van der Waals surface area contributed by atoms with Crippen molar-refractivity contribution in [1.29, 1.82) is 0 Å². The van der Waals surface area contributed by atoms with Crippen molar-refractivity contribution in [3.63, 3.8) is 0 Å². The number of nitrogens with zero attached hydrogens (tertiary/aromatic N) is 2. The summed E-state index contributed by atoms with van der Waals surface area (Å²) in [6.45, 7) is 6.64. The molecule has 39 heavy (non-hydrogen) atoms. The zero-order valence-electron chi connectivity index (χ0n) is 23.4. The number of fused-ring (bicyclic) bond motifs is 1. The van der Waals surface area contributed by atoms with Gasteiger partial charge in [-0.15, -0.1) is 0 Å². The van der Waals surface area contributed by atoms with Crippen molar-refractivity contribution >= 4 is 17.5 Å². The van der Waals surface area contributed by atoms with Gasteiger partial charge in [-0.05, 0) is 56.6 Å². The normalized spacial score (nSPS) is 21.0. The molecule has 0 bridgehead atoms. The third-order valence-corrected chi connectivity index (χ3v) is 7.64. The number of ether oxygens (including phenoxy) is 3. The minimum atomic E-state index is -0.357. The lowest BCUT2D eigenvalue weighted by Crippen LogP contribution is -2.49. The Morgan fingerprint density at radius 3 is 2.59 bits per heavy atom. The van der Waals surface area contributed by atoms with E-state index in [1.165, 1.54) is 0 Å². The van der Waals surface area contributed by atoms with Crippen LogP contribution in [0, 0.1) is 11.8 Å². The molecular formula is C30H41N3O6. The second kappa shape index (κ2) is 13.3. The molecular weight excluding hydrogens is 498 g/mol. The lowest BCUT2D eigenvalue weighted by molar-refractivity contribution is -0.122. The largest absolute Gasteiger partial charge is 0.497 e. The maximum absolute atomic E-state index is 13.7. The van der Waals surface area contributed by atoms with E-state index in [0.29, 0.717) is 62.7 Å². The molecule has 0 aliphatic carbocycles. The highest BCUT2D eigenvalue weighted by Crippen LogP contribution is 2.35. The fraction of sp³-hybridized carbons (Fsp3) is 0.533. The van der Waals surface area contributed by atoms with Gasteiger partial charge in [-0.1, -0.05) is 25.1 Å². The molecule has 2 aromatic carbocycles. The van der Waals surface area contributed by atoms with Crippen molar-refractivity contribution in [2.75, 3.05) is 52.4 Å². The summed E-state index contributed by atoms with van der Waals surface area (Å²) < 4.78 is 17.3. The van der Waals surface area contributed by atoms with Gasteiger partial charge in [-0.25, -0.2) is 0 Å². The van der Waals surface area contributed by atoms with Crippen LogP contribution in [0.3, 0.4) is 0 Å². The predicted molar refractivity (Wildman–Crippen MR) is 149 cm³/mol. The summed E-state index contributed by atoms with van der Waals surface area (Å²) in [4.78, 5) is 30.7. The Labute approximate surface area is 231 Å². The van der Waals surface area contributed by atoms with Crippen LogP contribution in [0.2, 0.25) is 0 Å². The van der Waals surface area contributed by atoms with Crippen molar-refractivity contribution < 1.29 is 28.9 Å². The number of carbonyl (C=O) groups is 2. The highest BCUT2D eigenvalue weighted by Gasteiger charge is 2.35. The summed E-state index contributed by atoms with van der Waals surface area (Å²) in [5, 5.41) is 13.0. The zero-order valence-corrected chi connectivity index (χ0v) is 23.4. The number of aliphatic hydroxyl groups excluding tert-OH is 1. The first-order valence-corrected chi connectivity index (χ1v) is 13.7. The average molecular weight is 540 g/mol. The van der Waals surface area contributed by atoms with Gasteiger partial charge in [0.25, 0.3) is 5.91 Å². The topological polar surface area (TPSA) is 101 Å². The van der Waals surface area contributed by atoms with Crippen LogP contribution in [0.4, 0.5) is 5.69 Å². The summed E-state index contributed by atoms with van der Waals surface area (Å²) in [5.41, 5.74) is 2.02. The Bertz CT molecular complexity index is 1120. The van der Waals surface area contributed by atoms with E-state index in [9.17, 15) is 14.7 Å². The van der Waals surface area contributed by atoms with E-state index in [1.54, 1.807) is 30.2 Å². The summed E-state index contributed by atoms with van der Waals surface area (Å²) in [6.07, 6.45) is 1.06. The predicted octanol–water partition coefficient (Wildman–Crippen LogP) is 3.41. The molecule has 2 aliphatic rings. The van der Waals surface area contributed by atoms with Gasteiger partial charge in [0.15, 0.2) is 5.75 Å². The average Bonchev–Trinajstić information content (AvgIpc) is 2.95. The van der Waals surface area contributed by atoms with Crippen molar-refractivity contribution in [3.05, 3.63) is 53.6 Å². The van der Waals surface area contributed by atoms with Crippen LogP contribution in [0.5, 0.6) is 11.5 Å². The second-order valence-corrected chi connectivity index (χ2v) is 10.7. The summed E-state index contributed by atoms with van der Waals surface area (Å²) in [5.74, 6) is 0.710. The van der Waals surface area contributed by atoms with Crippen LogP contribution in [0.1, 0.15) is 42.6 Å². The van der Waals surface area contributed by atoms with E-state index >= 15 is 0 Å². The van der Waals surface area contributed by atoms with Gasteiger partial charge in [0.05, 0.1) is 31.0 Å². The van der Waals surface area contributed by atoms with Gasteiger partial charge >= 0.3 is 0 Å². The standard InChI is InChI=1S/C30H41N3O6/c1-20-16-33(21(2)19-34)30(36)25-6-5-7-26(31-29(35)23-12-14-38-15-13-23)28(25)39-27(20)18-32(3)17-22-8-10-24(37-4)11-9-22/h5-11,20-21,23,27,34H,12-19H2,1-4H3,(H,31,35)/t20-,21-,27+/m0/s1. The fourth-order valence-electron chi connectivity index (χ4n) is 5.17. The van der Waals surface area contributed by atoms with Crippen molar-refractivity contribution in [2.24, 2.45) is 11.8 Å². The molecule has 2 aliphatic heterocycles. The van der Waals surface area contributed by atoms with Gasteiger partial charge in [0.2, 0.25) is 5.91 Å². The monoisotopic (exact) mass is 539 g/mol. The fourth-order valence-corrected chi connectivity index (χ4v) is 5.17. The molecule has 2 N–H and O–H groups in total. The number of aliphatic hydroxyl groups is 1. The zero-order chi connectivity index (χ0) is 27.9.